The molecule has 132 valence electrons. The maximum atomic E-state index is 12.6. The first kappa shape index (κ1) is 15.4. The summed E-state index contributed by atoms with van der Waals surface area (Å²) in [6, 6.07) is 7.40. The summed E-state index contributed by atoms with van der Waals surface area (Å²) in [5, 5.41) is 3.86. The molecule has 3 amide bonds. The van der Waals surface area contributed by atoms with Crippen molar-refractivity contribution in [3.8, 4) is 0 Å². The van der Waals surface area contributed by atoms with E-state index in [-0.39, 0.29) is 54.5 Å². The fourth-order valence-corrected chi connectivity index (χ4v) is 4.76. The van der Waals surface area contributed by atoms with Crippen LogP contribution in [-0.2, 0) is 9.59 Å². The van der Waals surface area contributed by atoms with Gasteiger partial charge in [-0.15, -0.1) is 0 Å². The van der Waals surface area contributed by atoms with Gasteiger partial charge in [0.1, 0.15) is 0 Å². The monoisotopic (exact) mass is 349 g/mol. The molecule has 6 nitrogen and oxygen atoms in total. The Kier molecular flexibility index (Phi) is 3.29. The number of H-pyrrole nitrogens is 1. The fraction of sp³-hybridized carbons (Fsp3) is 0.350. The molecule has 2 N–H and O–H groups in total. The number of carbonyl (C=O) groups is 3. The first-order valence-electron chi connectivity index (χ1n) is 9.02. The standard InChI is InChI=1S/C20H19N3O3/c24-18(14-4-1-11-5-6-21-15(11)10-14)22-7-8-23-19(25)16-12-2-3-13(9-12)17(16)20(23)26/h1-6,10,12-13,16-17,21H,7-9H2,(H,22,24)/t12-,13-,16-,17-/m0/s1. The highest BCUT2D eigenvalue weighted by Crippen LogP contribution is 2.52. The Labute approximate surface area is 150 Å². The largest absolute Gasteiger partial charge is 0.361 e. The smallest absolute Gasteiger partial charge is 0.251 e. The maximum Gasteiger partial charge on any atom is 0.251 e. The van der Waals surface area contributed by atoms with Crippen LogP contribution in [0.25, 0.3) is 10.9 Å². The van der Waals surface area contributed by atoms with Crippen LogP contribution in [0, 0.1) is 23.7 Å². The van der Waals surface area contributed by atoms with Gasteiger partial charge in [0.2, 0.25) is 11.8 Å². The number of rotatable bonds is 4. The van der Waals surface area contributed by atoms with Gasteiger partial charge in [-0.1, -0.05) is 18.2 Å². The number of hydrogen-bond acceptors (Lipinski definition) is 3. The summed E-state index contributed by atoms with van der Waals surface area (Å²) < 4.78 is 0. The Balaban J connectivity index is 1.22. The summed E-state index contributed by atoms with van der Waals surface area (Å²) in [5.74, 6) is -0.269. The molecule has 2 fully saturated rings. The Morgan fingerprint density at radius 2 is 1.85 bits per heavy atom. The molecule has 2 aromatic rings. The van der Waals surface area contributed by atoms with Gasteiger partial charge >= 0.3 is 0 Å². The SMILES string of the molecule is O=C(NCCN1C(=O)[C@@H]2[C@@H](C1=O)[C@H]1C=C[C@H]2C1)c1ccc2cc[nH]c2c1. The highest BCUT2D eigenvalue weighted by molar-refractivity contribution is 6.06. The van der Waals surface area contributed by atoms with E-state index in [0.717, 1.165) is 17.3 Å². The van der Waals surface area contributed by atoms with E-state index < -0.39 is 0 Å². The van der Waals surface area contributed by atoms with Gasteiger partial charge in [-0.25, -0.2) is 0 Å². The van der Waals surface area contributed by atoms with E-state index in [9.17, 15) is 14.4 Å². The van der Waals surface area contributed by atoms with Crippen molar-refractivity contribution in [1.29, 1.82) is 0 Å². The Morgan fingerprint density at radius 3 is 2.58 bits per heavy atom. The molecule has 2 aliphatic carbocycles. The lowest BCUT2D eigenvalue weighted by atomic mass is 9.85. The third kappa shape index (κ3) is 2.14. The highest BCUT2D eigenvalue weighted by atomic mass is 16.2. The Hall–Kier alpha value is -2.89. The predicted octanol–water partition coefficient (Wildman–Crippen LogP) is 1.70. The minimum atomic E-state index is -0.206. The van der Waals surface area contributed by atoms with Crippen LogP contribution in [0.1, 0.15) is 16.8 Å². The second-order valence-electron chi connectivity index (χ2n) is 7.36. The average Bonchev–Trinajstić information content (AvgIpc) is 3.40. The zero-order valence-electron chi connectivity index (χ0n) is 14.1. The average molecular weight is 349 g/mol. The number of allylic oxidation sites excluding steroid dienone is 2. The molecular weight excluding hydrogens is 330 g/mol. The van der Waals surface area contributed by atoms with Gasteiger partial charge in [0.25, 0.3) is 5.91 Å². The van der Waals surface area contributed by atoms with Crippen LogP contribution in [0.15, 0.2) is 42.6 Å². The van der Waals surface area contributed by atoms with Crippen LogP contribution in [0.4, 0.5) is 0 Å². The van der Waals surface area contributed by atoms with Crippen LogP contribution in [0.3, 0.4) is 0 Å². The summed E-state index contributed by atoms with van der Waals surface area (Å²) in [5.41, 5.74) is 1.46. The number of aromatic nitrogens is 1. The van der Waals surface area contributed by atoms with Crippen LogP contribution < -0.4 is 5.32 Å². The van der Waals surface area contributed by atoms with Gasteiger partial charge in [-0.3, -0.25) is 19.3 Å². The summed E-state index contributed by atoms with van der Waals surface area (Å²) in [6.45, 7) is 0.502. The van der Waals surface area contributed by atoms with Gasteiger partial charge in [0.15, 0.2) is 0 Å². The quantitative estimate of drug-likeness (QED) is 0.651. The number of nitrogens with zero attached hydrogens (tertiary/aromatic N) is 1. The van der Waals surface area contributed by atoms with Crippen LogP contribution in [-0.4, -0.2) is 40.7 Å². The summed E-state index contributed by atoms with van der Waals surface area (Å²) >= 11 is 0. The van der Waals surface area contributed by atoms with Crippen molar-refractivity contribution in [1.82, 2.24) is 15.2 Å². The molecule has 0 radical (unpaired) electrons. The molecule has 0 spiro atoms. The van der Waals surface area contributed by atoms with Crippen LogP contribution in [0.5, 0.6) is 0 Å². The van der Waals surface area contributed by atoms with E-state index in [2.05, 4.69) is 22.5 Å². The number of amides is 3. The Morgan fingerprint density at radius 1 is 1.12 bits per heavy atom. The number of fused-ring (bicyclic) bond motifs is 6. The minimum Gasteiger partial charge on any atom is -0.361 e. The zero-order chi connectivity index (χ0) is 17.8. The summed E-state index contributed by atoms with van der Waals surface area (Å²) in [6.07, 6.45) is 6.92. The molecule has 4 atom stereocenters. The number of nitrogens with one attached hydrogen (secondary N) is 2. The van der Waals surface area contributed by atoms with E-state index in [1.165, 1.54) is 4.90 Å². The number of hydrogen-bond donors (Lipinski definition) is 2. The number of carbonyl (C=O) groups excluding carboxylic acids is 3. The molecule has 6 heteroatoms. The molecule has 1 aromatic heterocycles. The molecular formula is C20H19N3O3. The molecule has 5 rings (SSSR count). The first-order valence-corrected chi connectivity index (χ1v) is 9.02. The van der Waals surface area contributed by atoms with Gasteiger partial charge in [-0.05, 0) is 41.8 Å². The van der Waals surface area contributed by atoms with Crippen LogP contribution >= 0.6 is 0 Å². The molecule has 2 heterocycles. The molecule has 1 aromatic carbocycles. The first-order chi connectivity index (χ1) is 12.6. The fourth-order valence-electron chi connectivity index (χ4n) is 4.76. The molecule has 2 bridgehead atoms. The second kappa shape index (κ2) is 5.56. The normalized spacial score (nSPS) is 29.0. The van der Waals surface area contributed by atoms with E-state index in [0.29, 0.717) is 5.56 Å². The third-order valence-corrected chi connectivity index (χ3v) is 6.00. The van der Waals surface area contributed by atoms with Crippen LogP contribution in [0.2, 0.25) is 0 Å². The molecule has 1 aliphatic heterocycles. The molecule has 3 aliphatic rings. The van der Waals surface area contributed by atoms with Crippen molar-refractivity contribution in [2.24, 2.45) is 23.7 Å². The van der Waals surface area contributed by atoms with Crippen molar-refractivity contribution in [3.05, 3.63) is 48.2 Å². The third-order valence-electron chi connectivity index (χ3n) is 6.00. The minimum absolute atomic E-state index is 0.0705. The topological polar surface area (TPSA) is 82.3 Å². The van der Waals surface area contributed by atoms with Crippen molar-refractivity contribution in [3.63, 3.8) is 0 Å². The lowest BCUT2D eigenvalue weighted by molar-refractivity contribution is -0.140. The van der Waals surface area contributed by atoms with Crippen molar-refractivity contribution in [2.45, 2.75) is 6.42 Å². The number of imide groups is 1. The van der Waals surface area contributed by atoms with Gasteiger partial charge in [0.05, 0.1) is 11.8 Å². The van der Waals surface area contributed by atoms with Gasteiger partial charge in [-0.2, -0.15) is 0 Å². The van der Waals surface area contributed by atoms with Crippen molar-refractivity contribution < 1.29 is 14.4 Å². The van der Waals surface area contributed by atoms with Gasteiger partial charge in [0, 0.05) is 30.4 Å². The lowest BCUT2D eigenvalue weighted by Gasteiger charge is -2.17. The predicted molar refractivity (Wildman–Crippen MR) is 95.1 cm³/mol. The van der Waals surface area contributed by atoms with E-state index in [1.807, 2.05) is 18.3 Å². The maximum absolute atomic E-state index is 12.6. The molecule has 1 saturated heterocycles. The van der Waals surface area contributed by atoms with Crippen molar-refractivity contribution >= 4 is 28.6 Å². The van der Waals surface area contributed by atoms with E-state index in [1.54, 1.807) is 12.1 Å². The van der Waals surface area contributed by atoms with E-state index in [4.69, 9.17) is 0 Å². The zero-order valence-corrected chi connectivity index (χ0v) is 14.1. The highest BCUT2D eigenvalue weighted by Gasteiger charge is 2.58. The summed E-state index contributed by atoms with van der Waals surface area (Å²) in [4.78, 5) is 42.0. The lowest BCUT2D eigenvalue weighted by Crippen LogP contribution is -2.39. The van der Waals surface area contributed by atoms with Crippen molar-refractivity contribution in [2.75, 3.05) is 13.1 Å². The second-order valence-corrected chi connectivity index (χ2v) is 7.36. The summed E-state index contributed by atoms with van der Waals surface area (Å²) in [7, 11) is 0. The molecule has 0 unspecified atom stereocenters. The number of aromatic amines is 1. The van der Waals surface area contributed by atoms with Gasteiger partial charge < -0.3 is 10.3 Å². The number of likely N-dealkylation sites (tertiary alicyclic amines) is 1. The Bertz CT molecular complexity index is 930. The van der Waals surface area contributed by atoms with E-state index >= 15 is 0 Å². The molecule has 1 saturated carbocycles. The number of benzene rings is 1. The molecule has 26 heavy (non-hydrogen) atoms.